The van der Waals surface area contributed by atoms with Crippen LogP contribution in [-0.2, 0) is 0 Å². The van der Waals surface area contributed by atoms with Gasteiger partial charge in [-0.3, -0.25) is 4.98 Å². The highest BCUT2D eigenvalue weighted by atomic mass is 32.1. The first-order valence-electron chi connectivity index (χ1n) is 6.77. The van der Waals surface area contributed by atoms with Gasteiger partial charge in [0.05, 0.1) is 5.69 Å². The number of hydrogen-bond donors (Lipinski definition) is 0. The highest BCUT2D eigenvalue weighted by Gasteiger charge is 2.10. The van der Waals surface area contributed by atoms with Gasteiger partial charge in [0.2, 0.25) is 0 Å². The van der Waals surface area contributed by atoms with Gasteiger partial charge in [0.25, 0.3) is 0 Å². The molecule has 2 aromatic heterocycles. The van der Waals surface area contributed by atoms with E-state index in [0.717, 1.165) is 27.3 Å². The Morgan fingerprint density at radius 2 is 1.62 bits per heavy atom. The first-order valence-corrected chi connectivity index (χ1v) is 7.65. The van der Waals surface area contributed by atoms with Gasteiger partial charge >= 0.3 is 0 Å². The van der Waals surface area contributed by atoms with E-state index >= 15 is 0 Å². The zero-order valence-corrected chi connectivity index (χ0v) is 12.0. The number of benzene rings is 2. The maximum Gasteiger partial charge on any atom is 0.143 e. The summed E-state index contributed by atoms with van der Waals surface area (Å²) < 4.78 is 0. The first kappa shape index (κ1) is 12.2. The van der Waals surface area contributed by atoms with Gasteiger partial charge in [-0.2, -0.15) is 0 Å². The van der Waals surface area contributed by atoms with E-state index in [1.54, 1.807) is 11.3 Å². The summed E-state index contributed by atoms with van der Waals surface area (Å²) in [5.74, 6) is 0. The lowest BCUT2D eigenvalue weighted by molar-refractivity contribution is 1.32. The van der Waals surface area contributed by atoms with Gasteiger partial charge in [-0.25, -0.2) is 4.98 Å². The van der Waals surface area contributed by atoms with Crippen LogP contribution in [0.3, 0.4) is 0 Å². The summed E-state index contributed by atoms with van der Waals surface area (Å²) in [7, 11) is 0. The smallest absolute Gasteiger partial charge is 0.143 e. The lowest BCUT2D eigenvalue weighted by Crippen LogP contribution is -1.85. The Bertz CT molecular complexity index is 892. The topological polar surface area (TPSA) is 25.8 Å². The van der Waals surface area contributed by atoms with Gasteiger partial charge in [0.15, 0.2) is 0 Å². The van der Waals surface area contributed by atoms with E-state index < -0.39 is 0 Å². The predicted molar refractivity (Wildman–Crippen MR) is 88.3 cm³/mol. The molecular weight excluding hydrogens is 276 g/mol. The van der Waals surface area contributed by atoms with E-state index in [1.807, 2.05) is 42.6 Å². The van der Waals surface area contributed by atoms with Crippen LogP contribution in [0.2, 0.25) is 0 Å². The Balaban J connectivity index is 1.85. The maximum absolute atomic E-state index is 4.76. The fraction of sp³-hybridized carbons (Fsp3) is 0. The third kappa shape index (κ3) is 2.22. The summed E-state index contributed by atoms with van der Waals surface area (Å²) in [4.78, 5) is 9.29. The molecule has 0 amide bonds. The molecule has 2 aromatic carbocycles. The molecule has 4 rings (SSSR count). The quantitative estimate of drug-likeness (QED) is 0.517. The third-order valence-electron chi connectivity index (χ3n) is 3.45. The van der Waals surface area contributed by atoms with Crippen LogP contribution in [0.5, 0.6) is 0 Å². The molecule has 0 bridgehead atoms. The molecule has 0 radical (unpaired) electrons. The largest absolute Gasteiger partial charge is 0.253 e. The van der Waals surface area contributed by atoms with Gasteiger partial charge in [-0.1, -0.05) is 54.6 Å². The lowest BCUT2D eigenvalue weighted by Gasteiger charge is -2.02. The number of hydrogen-bond acceptors (Lipinski definition) is 3. The Kier molecular flexibility index (Phi) is 2.98. The standard InChI is InChI=1S/C18H12N2S/c1-2-7-14(8-3-1)16-12-21-18(20-16)17-15-9-5-4-6-13(15)10-11-19-17/h1-12H. The second-order valence-electron chi connectivity index (χ2n) is 4.78. The van der Waals surface area contributed by atoms with E-state index in [0.29, 0.717) is 0 Å². The van der Waals surface area contributed by atoms with E-state index in [4.69, 9.17) is 4.98 Å². The Morgan fingerprint density at radius 3 is 2.52 bits per heavy atom. The third-order valence-corrected chi connectivity index (χ3v) is 4.30. The molecule has 0 aliphatic carbocycles. The van der Waals surface area contributed by atoms with Crippen molar-refractivity contribution in [1.29, 1.82) is 0 Å². The normalized spacial score (nSPS) is 10.9. The van der Waals surface area contributed by atoms with E-state index in [9.17, 15) is 0 Å². The van der Waals surface area contributed by atoms with Gasteiger partial charge in [0.1, 0.15) is 10.7 Å². The van der Waals surface area contributed by atoms with Gasteiger partial charge in [0, 0.05) is 22.5 Å². The van der Waals surface area contributed by atoms with Crippen LogP contribution in [-0.4, -0.2) is 9.97 Å². The molecule has 2 heterocycles. The molecule has 0 unspecified atom stereocenters. The average Bonchev–Trinajstić information content (AvgIpc) is 3.05. The fourth-order valence-corrected chi connectivity index (χ4v) is 3.25. The monoisotopic (exact) mass is 288 g/mol. The van der Waals surface area contributed by atoms with Gasteiger partial charge in [-0.05, 0) is 11.5 Å². The fourth-order valence-electron chi connectivity index (χ4n) is 2.41. The molecule has 100 valence electrons. The molecule has 0 fully saturated rings. The van der Waals surface area contributed by atoms with Crippen molar-refractivity contribution in [2.75, 3.05) is 0 Å². The minimum Gasteiger partial charge on any atom is -0.253 e. The number of pyridine rings is 1. The van der Waals surface area contributed by atoms with E-state index in [-0.39, 0.29) is 0 Å². The summed E-state index contributed by atoms with van der Waals surface area (Å²) in [5, 5.41) is 5.40. The van der Waals surface area contributed by atoms with Crippen LogP contribution in [0.15, 0.2) is 72.2 Å². The zero-order chi connectivity index (χ0) is 14.1. The molecule has 3 heteroatoms. The molecule has 2 nitrogen and oxygen atoms in total. The van der Waals surface area contributed by atoms with Crippen molar-refractivity contribution in [3.05, 3.63) is 72.2 Å². The van der Waals surface area contributed by atoms with Crippen molar-refractivity contribution in [3.8, 4) is 22.0 Å². The molecule has 21 heavy (non-hydrogen) atoms. The number of nitrogens with zero attached hydrogens (tertiary/aromatic N) is 2. The molecule has 0 aliphatic heterocycles. The molecule has 0 atom stereocenters. The average molecular weight is 288 g/mol. The second-order valence-corrected chi connectivity index (χ2v) is 5.64. The number of aromatic nitrogens is 2. The summed E-state index contributed by atoms with van der Waals surface area (Å²) in [6.45, 7) is 0. The van der Waals surface area contributed by atoms with E-state index in [2.05, 4.69) is 34.6 Å². The molecule has 0 saturated carbocycles. The Hall–Kier alpha value is -2.52. The number of rotatable bonds is 2. The van der Waals surface area contributed by atoms with Crippen LogP contribution in [0.25, 0.3) is 32.7 Å². The summed E-state index contributed by atoms with van der Waals surface area (Å²) >= 11 is 1.64. The van der Waals surface area contributed by atoms with Crippen molar-refractivity contribution >= 4 is 22.1 Å². The summed E-state index contributed by atoms with van der Waals surface area (Å²) in [6, 6.07) is 20.6. The highest BCUT2D eigenvalue weighted by Crippen LogP contribution is 2.31. The van der Waals surface area contributed by atoms with Crippen molar-refractivity contribution in [3.63, 3.8) is 0 Å². The van der Waals surface area contributed by atoms with Crippen molar-refractivity contribution < 1.29 is 0 Å². The summed E-state index contributed by atoms with van der Waals surface area (Å²) in [6.07, 6.45) is 1.85. The van der Waals surface area contributed by atoms with Crippen LogP contribution < -0.4 is 0 Å². The summed E-state index contributed by atoms with van der Waals surface area (Å²) in [5.41, 5.74) is 3.10. The molecule has 0 spiro atoms. The first-order chi connectivity index (χ1) is 10.4. The van der Waals surface area contributed by atoms with Crippen LogP contribution in [0, 0.1) is 0 Å². The van der Waals surface area contributed by atoms with E-state index in [1.165, 1.54) is 5.39 Å². The number of fused-ring (bicyclic) bond motifs is 1. The van der Waals surface area contributed by atoms with Crippen molar-refractivity contribution in [2.24, 2.45) is 0 Å². The van der Waals surface area contributed by atoms with Gasteiger partial charge in [-0.15, -0.1) is 11.3 Å². The second kappa shape index (κ2) is 5.11. The van der Waals surface area contributed by atoms with Gasteiger partial charge < -0.3 is 0 Å². The molecule has 0 aliphatic rings. The molecule has 0 saturated heterocycles. The zero-order valence-electron chi connectivity index (χ0n) is 11.2. The van der Waals surface area contributed by atoms with Crippen molar-refractivity contribution in [2.45, 2.75) is 0 Å². The highest BCUT2D eigenvalue weighted by molar-refractivity contribution is 7.13. The molecule has 4 aromatic rings. The number of thiazole rings is 1. The SMILES string of the molecule is c1ccc(-c2csc(-c3nccc4ccccc34)n2)cc1. The van der Waals surface area contributed by atoms with Crippen LogP contribution in [0.1, 0.15) is 0 Å². The Labute approximate surface area is 126 Å². The minimum absolute atomic E-state index is 0.959. The van der Waals surface area contributed by atoms with Crippen LogP contribution in [0.4, 0.5) is 0 Å². The minimum atomic E-state index is 0.959. The predicted octanol–water partition coefficient (Wildman–Crippen LogP) is 5.03. The molecule has 0 N–H and O–H groups in total. The maximum atomic E-state index is 4.76. The molecular formula is C18H12N2S. The lowest BCUT2D eigenvalue weighted by atomic mass is 10.1. The van der Waals surface area contributed by atoms with Crippen molar-refractivity contribution in [1.82, 2.24) is 9.97 Å². The van der Waals surface area contributed by atoms with Crippen LogP contribution >= 0.6 is 11.3 Å². The Morgan fingerprint density at radius 1 is 0.810 bits per heavy atom.